The summed E-state index contributed by atoms with van der Waals surface area (Å²) in [4.78, 5) is 15.4. The molecule has 1 aliphatic rings. The molecule has 0 spiro atoms. The number of nitrogens with one attached hydrogen (secondary N) is 1. The van der Waals surface area contributed by atoms with Crippen molar-refractivity contribution in [2.24, 2.45) is 0 Å². The van der Waals surface area contributed by atoms with Crippen LogP contribution in [0.2, 0.25) is 0 Å². The predicted molar refractivity (Wildman–Crippen MR) is 54.1 cm³/mol. The number of anilines is 2. The maximum absolute atomic E-state index is 4.73. The molecule has 76 valence electrons. The van der Waals surface area contributed by atoms with E-state index in [4.69, 9.17) is 4.84 Å². The van der Waals surface area contributed by atoms with Gasteiger partial charge < -0.3 is 4.90 Å². The van der Waals surface area contributed by atoms with Crippen LogP contribution in [0.5, 0.6) is 0 Å². The van der Waals surface area contributed by atoms with Gasteiger partial charge in [0, 0.05) is 13.1 Å². The third-order valence-corrected chi connectivity index (χ3v) is 2.27. The molecule has 5 heteroatoms. The lowest BCUT2D eigenvalue weighted by atomic mass is 10.4. The molecule has 0 saturated carbocycles. The zero-order valence-corrected chi connectivity index (χ0v) is 8.23. The molecule has 14 heavy (non-hydrogen) atoms. The Morgan fingerprint density at radius 1 is 1.29 bits per heavy atom. The van der Waals surface area contributed by atoms with Crippen LogP contribution in [-0.2, 0) is 4.84 Å². The molecule has 0 unspecified atom stereocenters. The maximum Gasteiger partial charge on any atom is 0.168 e. The number of hydrogen-bond acceptors (Lipinski definition) is 5. The monoisotopic (exact) mass is 194 g/mol. The summed E-state index contributed by atoms with van der Waals surface area (Å²) in [6.45, 7) is 2.18. The molecule has 5 nitrogen and oxygen atoms in total. The van der Waals surface area contributed by atoms with E-state index in [1.54, 1.807) is 19.5 Å². The van der Waals surface area contributed by atoms with Gasteiger partial charge in [0.05, 0.1) is 19.5 Å². The molecule has 1 saturated heterocycles. The molecule has 1 aliphatic heterocycles. The smallest absolute Gasteiger partial charge is 0.168 e. The Hall–Kier alpha value is -1.36. The van der Waals surface area contributed by atoms with Crippen LogP contribution in [0.25, 0.3) is 0 Å². The Bertz CT molecular complexity index is 281. The summed E-state index contributed by atoms with van der Waals surface area (Å²) in [5.74, 6) is 1.58. The fraction of sp³-hybridized carbons (Fsp3) is 0.556. The molecule has 0 amide bonds. The van der Waals surface area contributed by atoms with Crippen LogP contribution >= 0.6 is 0 Å². The van der Waals surface area contributed by atoms with E-state index in [2.05, 4.69) is 20.3 Å². The maximum atomic E-state index is 4.73. The Balaban J connectivity index is 2.05. The van der Waals surface area contributed by atoms with E-state index < -0.39 is 0 Å². The van der Waals surface area contributed by atoms with Gasteiger partial charge in [0.1, 0.15) is 5.82 Å². The second-order valence-electron chi connectivity index (χ2n) is 3.26. The van der Waals surface area contributed by atoms with Crippen molar-refractivity contribution in [2.45, 2.75) is 12.8 Å². The minimum absolute atomic E-state index is 0.635. The van der Waals surface area contributed by atoms with E-state index in [0.29, 0.717) is 5.82 Å². The topological polar surface area (TPSA) is 50.3 Å². The molecular weight excluding hydrogens is 180 g/mol. The van der Waals surface area contributed by atoms with Crippen LogP contribution in [0.4, 0.5) is 11.6 Å². The summed E-state index contributed by atoms with van der Waals surface area (Å²) in [6, 6.07) is 0. The highest BCUT2D eigenvalue weighted by Crippen LogP contribution is 2.16. The van der Waals surface area contributed by atoms with Gasteiger partial charge in [-0.25, -0.2) is 15.4 Å². The van der Waals surface area contributed by atoms with Crippen LogP contribution in [-0.4, -0.2) is 30.2 Å². The third-order valence-electron chi connectivity index (χ3n) is 2.27. The Kier molecular flexibility index (Phi) is 2.78. The molecule has 1 fully saturated rings. The average molecular weight is 194 g/mol. The third kappa shape index (κ3) is 1.93. The second-order valence-corrected chi connectivity index (χ2v) is 3.26. The summed E-state index contributed by atoms with van der Waals surface area (Å²) in [6.07, 6.45) is 5.95. The van der Waals surface area contributed by atoms with E-state index in [1.165, 1.54) is 12.8 Å². The number of hydrogen-bond donors (Lipinski definition) is 1. The molecular formula is C9H14N4O. The summed E-state index contributed by atoms with van der Waals surface area (Å²) in [5.41, 5.74) is 2.63. The number of rotatable bonds is 3. The van der Waals surface area contributed by atoms with Crippen molar-refractivity contribution in [1.29, 1.82) is 0 Å². The van der Waals surface area contributed by atoms with Crippen LogP contribution in [0.15, 0.2) is 12.4 Å². The molecule has 2 heterocycles. The summed E-state index contributed by atoms with van der Waals surface area (Å²) >= 11 is 0. The average Bonchev–Trinajstić information content (AvgIpc) is 2.72. The minimum Gasteiger partial charge on any atom is -0.355 e. The van der Waals surface area contributed by atoms with E-state index in [1.807, 2.05) is 0 Å². The van der Waals surface area contributed by atoms with Crippen molar-refractivity contribution in [3.63, 3.8) is 0 Å². The van der Waals surface area contributed by atoms with Gasteiger partial charge in [0.25, 0.3) is 0 Å². The van der Waals surface area contributed by atoms with Crippen LogP contribution < -0.4 is 10.4 Å². The van der Waals surface area contributed by atoms with Gasteiger partial charge in [0.15, 0.2) is 5.82 Å². The highest BCUT2D eigenvalue weighted by molar-refractivity contribution is 5.41. The summed E-state index contributed by atoms with van der Waals surface area (Å²) in [7, 11) is 1.55. The SMILES string of the molecule is CONc1cnc(N2CCCC2)cn1. The van der Waals surface area contributed by atoms with Crippen LogP contribution in [0.3, 0.4) is 0 Å². The van der Waals surface area contributed by atoms with Gasteiger partial charge >= 0.3 is 0 Å². The molecule has 0 radical (unpaired) electrons. The summed E-state index contributed by atoms with van der Waals surface area (Å²) in [5, 5.41) is 0. The fourth-order valence-corrected chi connectivity index (χ4v) is 1.59. The first-order valence-corrected chi connectivity index (χ1v) is 4.76. The van der Waals surface area contributed by atoms with Gasteiger partial charge in [-0.1, -0.05) is 0 Å². The molecule has 0 aromatic carbocycles. The Morgan fingerprint density at radius 3 is 2.64 bits per heavy atom. The van der Waals surface area contributed by atoms with Crippen molar-refractivity contribution in [2.75, 3.05) is 30.6 Å². The molecule has 1 aromatic rings. The van der Waals surface area contributed by atoms with Crippen molar-refractivity contribution >= 4 is 11.6 Å². The first-order valence-electron chi connectivity index (χ1n) is 4.76. The second kappa shape index (κ2) is 4.23. The first kappa shape index (κ1) is 9.21. The van der Waals surface area contributed by atoms with Crippen molar-refractivity contribution < 1.29 is 4.84 Å². The predicted octanol–water partition coefficient (Wildman–Crippen LogP) is 1.05. The van der Waals surface area contributed by atoms with Gasteiger partial charge in [0.2, 0.25) is 0 Å². The van der Waals surface area contributed by atoms with Crippen molar-refractivity contribution in [1.82, 2.24) is 9.97 Å². The van der Waals surface area contributed by atoms with E-state index in [0.717, 1.165) is 18.9 Å². The fourth-order valence-electron chi connectivity index (χ4n) is 1.59. The van der Waals surface area contributed by atoms with Gasteiger partial charge in [-0.15, -0.1) is 0 Å². The highest BCUT2D eigenvalue weighted by Gasteiger charge is 2.13. The highest BCUT2D eigenvalue weighted by atomic mass is 16.6. The quantitative estimate of drug-likeness (QED) is 0.729. The number of aromatic nitrogens is 2. The normalized spacial score (nSPS) is 15.9. The van der Waals surface area contributed by atoms with E-state index in [-0.39, 0.29) is 0 Å². The van der Waals surface area contributed by atoms with E-state index >= 15 is 0 Å². The lowest BCUT2D eigenvalue weighted by Crippen LogP contribution is -2.19. The molecule has 1 N–H and O–H groups in total. The standard InChI is InChI=1S/C9H14N4O/c1-14-12-8-6-11-9(7-10-8)13-4-2-3-5-13/h6-7H,2-5H2,1H3,(H,10,12). The number of nitrogens with zero attached hydrogens (tertiary/aromatic N) is 3. The molecule has 1 aromatic heterocycles. The molecule has 0 aliphatic carbocycles. The van der Waals surface area contributed by atoms with E-state index in [9.17, 15) is 0 Å². The first-order chi connectivity index (χ1) is 6.90. The molecule has 0 bridgehead atoms. The van der Waals surface area contributed by atoms with Crippen LogP contribution in [0, 0.1) is 0 Å². The van der Waals surface area contributed by atoms with Crippen molar-refractivity contribution in [3.05, 3.63) is 12.4 Å². The van der Waals surface area contributed by atoms with Crippen LogP contribution in [0.1, 0.15) is 12.8 Å². The summed E-state index contributed by atoms with van der Waals surface area (Å²) < 4.78 is 0. The lowest BCUT2D eigenvalue weighted by Gasteiger charge is -2.15. The van der Waals surface area contributed by atoms with Gasteiger partial charge in [-0.2, -0.15) is 0 Å². The Morgan fingerprint density at radius 2 is 2.07 bits per heavy atom. The zero-order chi connectivity index (χ0) is 9.80. The molecule has 2 rings (SSSR count). The Labute approximate surface area is 83.1 Å². The minimum atomic E-state index is 0.635. The van der Waals surface area contributed by atoms with Crippen molar-refractivity contribution in [3.8, 4) is 0 Å². The van der Waals surface area contributed by atoms with Gasteiger partial charge in [-0.05, 0) is 12.8 Å². The van der Waals surface area contributed by atoms with Gasteiger partial charge in [-0.3, -0.25) is 4.84 Å². The largest absolute Gasteiger partial charge is 0.355 e. The zero-order valence-electron chi connectivity index (χ0n) is 8.23. The lowest BCUT2D eigenvalue weighted by molar-refractivity contribution is 0.269. The molecule has 0 atom stereocenters.